The van der Waals surface area contributed by atoms with Crippen molar-refractivity contribution in [2.75, 3.05) is 26.7 Å². The van der Waals surface area contributed by atoms with Crippen LogP contribution in [-0.2, 0) is 0 Å². The quantitative estimate of drug-likeness (QED) is 0.816. The standard InChI is InChI=1S/C13H17F2N3.HI/c1-9(8-17-13-16-5-6-18(13)2)11-4-3-10(14)7-12(11)15;/h3-4,7,9H,5-6,8H2,1-2H3,(H,16,17);1H. The van der Waals surface area contributed by atoms with E-state index in [0.717, 1.165) is 25.1 Å². The van der Waals surface area contributed by atoms with Crippen molar-refractivity contribution in [3.8, 4) is 0 Å². The minimum absolute atomic E-state index is 0. The second-order valence-corrected chi connectivity index (χ2v) is 4.57. The molecule has 6 heteroatoms. The second kappa shape index (κ2) is 7.02. The van der Waals surface area contributed by atoms with E-state index in [4.69, 9.17) is 0 Å². The Hall–Kier alpha value is -0.920. The Morgan fingerprint density at radius 1 is 1.42 bits per heavy atom. The molecule has 0 radical (unpaired) electrons. The molecule has 0 fully saturated rings. The molecule has 1 atom stereocenters. The summed E-state index contributed by atoms with van der Waals surface area (Å²) in [5.41, 5.74) is 0.519. The fourth-order valence-electron chi connectivity index (χ4n) is 1.98. The summed E-state index contributed by atoms with van der Waals surface area (Å²) >= 11 is 0. The predicted molar refractivity (Wildman–Crippen MR) is 83.1 cm³/mol. The highest BCUT2D eigenvalue weighted by atomic mass is 127. The molecule has 3 nitrogen and oxygen atoms in total. The van der Waals surface area contributed by atoms with Crippen LogP contribution in [0.4, 0.5) is 8.78 Å². The fourth-order valence-corrected chi connectivity index (χ4v) is 1.98. The Morgan fingerprint density at radius 3 is 2.74 bits per heavy atom. The third-order valence-electron chi connectivity index (χ3n) is 3.12. The van der Waals surface area contributed by atoms with Gasteiger partial charge in [-0.15, -0.1) is 24.0 Å². The van der Waals surface area contributed by atoms with E-state index in [9.17, 15) is 8.78 Å². The van der Waals surface area contributed by atoms with E-state index in [0.29, 0.717) is 12.1 Å². The molecule has 1 heterocycles. The summed E-state index contributed by atoms with van der Waals surface area (Å²) < 4.78 is 26.4. The van der Waals surface area contributed by atoms with Gasteiger partial charge in [-0.25, -0.2) is 8.78 Å². The topological polar surface area (TPSA) is 27.6 Å². The van der Waals surface area contributed by atoms with E-state index in [1.54, 1.807) is 0 Å². The lowest BCUT2D eigenvalue weighted by atomic mass is 10.0. The van der Waals surface area contributed by atoms with Crippen molar-refractivity contribution in [3.05, 3.63) is 35.4 Å². The number of hydrogen-bond acceptors (Lipinski definition) is 3. The van der Waals surface area contributed by atoms with Crippen molar-refractivity contribution < 1.29 is 8.78 Å². The lowest BCUT2D eigenvalue weighted by Crippen LogP contribution is -2.37. The van der Waals surface area contributed by atoms with Crippen LogP contribution in [0.2, 0.25) is 0 Å². The first-order valence-corrected chi connectivity index (χ1v) is 6.02. The van der Waals surface area contributed by atoms with E-state index >= 15 is 0 Å². The van der Waals surface area contributed by atoms with E-state index in [1.165, 1.54) is 12.1 Å². The summed E-state index contributed by atoms with van der Waals surface area (Å²) in [4.78, 5) is 6.32. The third kappa shape index (κ3) is 4.02. The van der Waals surface area contributed by atoms with Crippen molar-refractivity contribution in [2.45, 2.75) is 12.8 Å². The Kier molecular flexibility index (Phi) is 5.96. The minimum atomic E-state index is -0.545. The van der Waals surface area contributed by atoms with Crippen LogP contribution in [0.25, 0.3) is 0 Å². The molecular weight excluding hydrogens is 363 g/mol. The number of aliphatic imine (C=N–C) groups is 1. The first-order valence-electron chi connectivity index (χ1n) is 6.02. The molecule has 0 aromatic heterocycles. The number of nitrogens with one attached hydrogen (secondary N) is 1. The summed E-state index contributed by atoms with van der Waals surface area (Å²) in [7, 11) is 1.96. The highest BCUT2D eigenvalue weighted by Gasteiger charge is 2.15. The maximum Gasteiger partial charge on any atom is 0.193 e. The number of likely N-dealkylation sites (N-methyl/N-ethyl adjacent to an activating group) is 1. The van der Waals surface area contributed by atoms with Crippen LogP contribution in [0.5, 0.6) is 0 Å². The average Bonchev–Trinajstić information content (AvgIpc) is 2.72. The van der Waals surface area contributed by atoms with Crippen LogP contribution < -0.4 is 5.32 Å². The highest BCUT2D eigenvalue weighted by molar-refractivity contribution is 14.0. The number of benzene rings is 1. The monoisotopic (exact) mass is 381 g/mol. The number of halogens is 3. The predicted octanol–water partition coefficient (Wildman–Crippen LogP) is 2.58. The molecule has 1 N–H and O–H groups in total. The number of rotatable bonds is 3. The molecule has 2 rings (SSSR count). The summed E-state index contributed by atoms with van der Waals surface area (Å²) in [6, 6.07) is 3.70. The zero-order valence-electron chi connectivity index (χ0n) is 11.0. The average molecular weight is 381 g/mol. The van der Waals surface area contributed by atoms with Crippen LogP contribution in [-0.4, -0.2) is 37.5 Å². The van der Waals surface area contributed by atoms with E-state index in [2.05, 4.69) is 10.3 Å². The molecule has 1 aromatic rings. The zero-order chi connectivity index (χ0) is 13.1. The smallest absolute Gasteiger partial charge is 0.193 e. The Balaban J connectivity index is 0.00000180. The molecule has 0 amide bonds. The molecular formula is C13H18F2IN3. The number of nitrogens with zero attached hydrogens (tertiary/aromatic N) is 2. The summed E-state index contributed by atoms with van der Waals surface area (Å²) in [5, 5.41) is 3.19. The Morgan fingerprint density at radius 2 is 2.16 bits per heavy atom. The molecule has 0 aliphatic carbocycles. The van der Waals surface area contributed by atoms with Gasteiger partial charge in [0.25, 0.3) is 0 Å². The molecule has 0 saturated heterocycles. The molecule has 106 valence electrons. The van der Waals surface area contributed by atoms with Crippen LogP contribution in [0, 0.1) is 11.6 Å². The molecule has 1 aromatic carbocycles. The van der Waals surface area contributed by atoms with Crippen molar-refractivity contribution in [1.29, 1.82) is 0 Å². The molecule has 1 aliphatic heterocycles. The van der Waals surface area contributed by atoms with Gasteiger partial charge < -0.3 is 10.2 Å². The van der Waals surface area contributed by atoms with Gasteiger partial charge in [0.1, 0.15) is 11.6 Å². The fraction of sp³-hybridized carbons (Fsp3) is 0.462. The van der Waals surface area contributed by atoms with Crippen LogP contribution in [0.1, 0.15) is 18.4 Å². The molecule has 1 unspecified atom stereocenters. The molecule has 0 spiro atoms. The maximum absolute atomic E-state index is 13.6. The molecule has 1 aliphatic rings. The largest absolute Gasteiger partial charge is 0.356 e. The van der Waals surface area contributed by atoms with Gasteiger partial charge >= 0.3 is 0 Å². The van der Waals surface area contributed by atoms with Gasteiger partial charge in [0.05, 0.1) is 6.54 Å². The van der Waals surface area contributed by atoms with Gasteiger partial charge in [0.15, 0.2) is 5.96 Å². The van der Waals surface area contributed by atoms with Gasteiger partial charge in [-0.05, 0) is 11.6 Å². The lowest BCUT2D eigenvalue weighted by Gasteiger charge is -2.19. The Bertz CT molecular complexity index is 465. The second-order valence-electron chi connectivity index (χ2n) is 4.57. The summed E-state index contributed by atoms with van der Waals surface area (Å²) in [6.07, 6.45) is 0. The van der Waals surface area contributed by atoms with Crippen molar-refractivity contribution in [3.63, 3.8) is 0 Å². The Labute approximate surface area is 129 Å². The van der Waals surface area contributed by atoms with E-state index < -0.39 is 11.6 Å². The van der Waals surface area contributed by atoms with Gasteiger partial charge in [-0.1, -0.05) is 13.0 Å². The van der Waals surface area contributed by atoms with Crippen LogP contribution in [0.3, 0.4) is 0 Å². The van der Waals surface area contributed by atoms with Crippen molar-refractivity contribution in [1.82, 2.24) is 10.2 Å². The summed E-state index contributed by atoms with van der Waals surface area (Å²) in [5.74, 6) is -0.242. The first kappa shape index (κ1) is 16.1. The SMILES string of the molecule is CC(CNC1=NCCN1C)c1ccc(F)cc1F.I. The molecule has 0 saturated carbocycles. The maximum atomic E-state index is 13.6. The molecule has 0 bridgehead atoms. The molecule has 19 heavy (non-hydrogen) atoms. The summed E-state index contributed by atoms with van der Waals surface area (Å²) in [6.45, 7) is 4.17. The zero-order valence-corrected chi connectivity index (χ0v) is 13.3. The minimum Gasteiger partial charge on any atom is -0.356 e. The van der Waals surface area contributed by atoms with Gasteiger partial charge in [-0.2, -0.15) is 0 Å². The van der Waals surface area contributed by atoms with Crippen LogP contribution in [0.15, 0.2) is 23.2 Å². The van der Waals surface area contributed by atoms with Crippen molar-refractivity contribution >= 4 is 29.9 Å². The van der Waals surface area contributed by atoms with Gasteiger partial charge in [0.2, 0.25) is 0 Å². The highest BCUT2D eigenvalue weighted by Crippen LogP contribution is 2.19. The lowest BCUT2D eigenvalue weighted by molar-refractivity contribution is 0.522. The normalized spacial score (nSPS) is 15.8. The van der Waals surface area contributed by atoms with Crippen molar-refractivity contribution in [2.24, 2.45) is 4.99 Å². The number of hydrogen-bond donors (Lipinski definition) is 1. The third-order valence-corrected chi connectivity index (χ3v) is 3.12. The van der Waals surface area contributed by atoms with E-state index in [1.807, 2.05) is 18.9 Å². The first-order chi connectivity index (χ1) is 8.58. The van der Waals surface area contributed by atoms with Crippen LogP contribution >= 0.6 is 24.0 Å². The van der Waals surface area contributed by atoms with E-state index in [-0.39, 0.29) is 29.9 Å². The number of guanidine groups is 1. The van der Waals surface area contributed by atoms with Gasteiger partial charge in [0, 0.05) is 32.1 Å². The van der Waals surface area contributed by atoms with Gasteiger partial charge in [-0.3, -0.25) is 4.99 Å².